The maximum Gasteiger partial charge on any atom is 0.0764 e. The number of rotatable bonds is 2. The zero-order chi connectivity index (χ0) is 10.1. The first-order chi connectivity index (χ1) is 6.68. The number of aliphatic hydroxyl groups is 1. The predicted octanol–water partition coefficient (Wildman–Crippen LogP) is 3.32. The second-order valence-electron chi connectivity index (χ2n) is 4.42. The molecule has 0 saturated heterocycles. The van der Waals surface area contributed by atoms with E-state index in [0.717, 1.165) is 11.5 Å². The van der Waals surface area contributed by atoms with E-state index < -0.39 is 0 Å². The van der Waals surface area contributed by atoms with Crippen LogP contribution >= 0.6 is 0 Å². The first-order valence-corrected chi connectivity index (χ1v) is 5.47. The molecule has 14 heavy (non-hydrogen) atoms. The third-order valence-corrected chi connectivity index (χ3v) is 3.32. The minimum absolute atomic E-state index is 0.342. The van der Waals surface area contributed by atoms with Crippen LogP contribution in [-0.2, 0) is 0 Å². The van der Waals surface area contributed by atoms with Crippen LogP contribution in [0.4, 0.5) is 0 Å². The van der Waals surface area contributed by atoms with Crippen LogP contribution in [0.2, 0.25) is 0 Å². The van der Waals surface area contributed by atoms with Gasteiger partial charge in [0.05, 0.1) is 6.10 Å². The van der Waals surface area contributed by atoms with Crippen LogP contribution in [0.15, 0.2) is 18.2 Å². The van der Waals surface area contributed by atoms with E-state index in [1.54, 1.807) is 0 Å². The third kappa shape index (κ3) is 1.69. The first kappa shape index (κ1) is 9.72. The van der Waals surface area contributed by atoms with Gasteiger partial charge in [-0.3, -0.25) is 0 Å². The minimum atomic E-state index is -0.342. The van der Waals surface area contributed by atoms with Crippen molar-refractivity contribution in [3.05, 3.63) is 34.9 Å². The van der Waals surface area contributed by atoms with E-state index in [-0.39, 0.29) is 6.10 Å². The fourth-order valence-electron chi connectivity index (χ4n) is 2.16. The lowest BCUT2D eigenvalue weighted by molar-refractivity contribution is 0.198. The normalized spacial score (nSPS) is 19.1. The van der Waals surface area contributed by atoms with Crippen molar-refractivity contribution >= 4 is 0 Å². The van der Waals surface area contributed by atoms with Crippen molar-refractivity contribution in [2.24, 2.45) is 0 Å². The van der Waals surface area contributed by atoms with Gasteiger partial charge in [-0.25, -0.2) is 0 Å². The van der Waals surface area contributed by atoms with E-state index >= 15 is 0 Å². The number of hydrogen-bond acceptors (Lipinski definition) is 1. The predicted molar refractivity (Wildman–Crippen MR) is 58.4 cm³/mol. The largest absolute Gasteiger partial charge is 0.389 e. The van der Waals surface area contributed by atoms with Gasteiger partial charge in [0.2, 0.25) is 0 Å². The monoisotopic (exact) mass is 190 g/mol. The highest BCUT2D eigenvalue weighted by molar-refractivity contribution is 5.34. The molecule has 1 fully saturated rings. The van der Waals surface area contributed by atoms with E-state index in [9.17, 15) is 5.11 Å². The van der Waals surface area contributed by atoms with E-state index in [4.69, 9.17) is 0 Å². The van der Waals surface area contributed by atoms with Gasteiger partial charge >= 0.3 is 0 Å². The molecule has 0 heterocycles. The molecule has 1 aromatic carbocycles. The quantitative estimate of drug-likeness (QED) is 0.758. The van der Waals surface area contributed by atoms with E-state index in [1.807, 2.05) is 6.92 Å². The summed E-state index contributed by atoms with van der Waals surface area (Å²) in [7, 11) is 0. The van der Waals surface area contributed by atoms with Crippen molar-refractivity contribution < 1.29 is 5.11 Å². The van der Waals surface area contributed by atoms with Gasteiger partial charge in [0, 0.05) is 0 Å². The van der Waals surface area contributed by atoms with Gasteiger partial charge in [0.15, 0.2) is 0 Å². The van der Waals surface area contributed by atoms with Crippen molar-refractivity contribution in [1.29, 1.82) is 0 Å². The summed E-state index contributed by atoms with van der Waals surface area (Å²) in [4.78, 5) is 0. The van der Waals surface area contributed by atoms with Crippen LogP contribution in [0, 0.1) is 6.92 Å². The topological polar surface area (TPSA) is 20.2 Å². The molecule has 76 valence electrons. The summed E-state index contributed by atoms with van der Waals surface area (Å²) in [5.41, 5.74) is 3.75. The van der Waals surface area contributed by atoms with E-state index in [2.05, 4.69) is 25.1 Å². The molecule has 1 aliphatic carbocycles. The lowest BCUT2D eigenvalue weighted by Gasteiger charge is -2.26. The van der Waals surface area contributed by atoms with Gasteiger partial charge < -0.3 is 5.11 Å². The highest BCUT2D eigenvalue weighted by Gasteiger charge is 2.19. The van der Waals surface area contributed by atoms with Crippen molar-refractivity contribution in [2.75, 3.05) is 0 Å². The first-order valence-electron chi connectivity index (χ1n) is 5.47. The Morgan fingerprint density at radius 2 is 2.07 bits per heavy atom. The van der Waals surface area contributed by atoms with Crippen molar-refractivity contribution in [1.82, 2.24) is 0 Å². The lowest BCUT2D eigenvalue weighted by atomic mass is 9.79. The Morgan fingerprint density at radius 1 is 1.36 bits per heavy atom. The molecular weight excluding hydrogens is 172 g/mol. The second kappa shape index (κ2) is 3.74. The summed E-state index contributed by atoms with van der Waals surface area (Å²) in [6.07, 6.45) is 3.72. The Bertz CT molecular complexity index is 324. The maximum atomic E-state index is 9.51. The molecule has 1 aliphatic rings. The molecule has 0 aliphatic heterocycles. The zero-order valence-corrected chi connectivity index (χ0v) is 8.96. The standard InChI is InChI=1S/C13H18O/c1-9-8-12(11-4-3-5-11)6-7-13(9)10(2)14/h6-8,10-11,14H,3-5H2,1-2H3. The summed E-state index contributed by atoms with van der Waals surface area (Å²) < 4.78 is 0. The number of aryl methyl sites for hydroxylation is 1. The summed E-state index contributed by atoms with van der Waals surface area (Å²) in [6.45, 7) is 3.91. The molecule has 0 amide bonds. The van der Waals surface area contributed by atoms with Gasteiger partial charge in [-0.05, 0) is 49.3 Å². The highest BCUT2D eigenvalue weighted by atomic mass is 16.3. The van der Waals surface area contributed by atoms with Gasteiger partial charge in [0.1, 0.15) is 0 Å². The Hall–Kier alpha value is -0.820. The fraction of sp³-hybridized carbons (Fsp3) is 0.538. The maximum absolute atomic E-state index is 9.51. The minimum Gasteiger partial charge on any atom is -0.389 e. The van der Waals surface area contributed by atoms with Crippen molar-refractivity contribution in [2.45, 2.75) is 45.1 Å². The number of aliphatic hydroxyl groups excluding tert-OH is 1. The van der Waals surface area contributed by atoms with Crippen LogP contribution < -0.4 is 0 Å². The van der Waals surface area contributed by atoms with Gasteiger partial charge in [-0.15, -0.1) is 0 Å². The van der Waals surface area contributed by atoms with Crippen molar-refractivity contribution in [3.8, 4) is 0 Å². The molecule has 0 spiro atoms. The van der Waals surface area contributed by atoms with Crippen LogP contribution in [-0.4, -0.2) is 5.11 Å². The smallest absolute Gasteiger partial charge is 0.0764 e. The fourth-order valence-corrected chi connectivity index (χ4v) is 2.16. The molecule has 1 saturated carbocycles. The van der Waals surface area contributed by atoms with Gasteiger partial charge in [0.25, 0.3) is 0 Å². The molecule has 1 atom stereocenters. The number of benzene rings is 1. The molecular formula is C13H18O. The molecule has 0 bridgehead atoms. The molecule has 1 heteroatoms. The lowest BCUT2D eigenvalue weighted by Crippen LogP contribution is -2.09. The molecule has 0 aromatic heterocycles. The molecule has 1 nitrogen and oxygen atoms in total. The average molecular weight is 190 g/mol. The highest BCUT2D eigenvalue weighted by Crippen LogP contribution is 2.37. The van der Waals surface area contributed by atoms with Crippen molar-refractivity contribution in [3.63, 3.8) is 0 Å². The Morgan fingerprint density at radius 3 is 2.50 bits per heavy atom. The van der Waals surface area contributed by atoms with Gasteiger partial charge in [-0.2, -0.15) is 0 Å². The SMILES string of the molecule is Cc1cc(C2CCC2)ccc1C(C)O. The van der Waals surface area contributed by atoms with Crippen LogP contribution in [0.1, 0.15) is 54.9 Å². The average Bonchev–Trinajstić information content (AvgIpc) is 2.00. The summed E-state index contributed by atoms with van der Waals surface area (Å²) >= 11 is 0. The molecule has 1 aromatic rings. The molecule has 1 N–H and O–H groups in total. The zero-order valence-electron chi connectivity index (χ0n) is 8.96. The Labute approximate surface area is 85.8 Å². The van der Waals surface area contributed by atoms with E-state index in [1.165, 1.54) is 30.4 Å². The molecule has 1 unspecified atom stereocenters. The second-order valence-corrected chi connectivity index (χ2v) is 4.42. The van der Waals surface area contributed by atoms with Crippen LogP contribution in [0.3, 0.4) is 0 Å². The molecule has 2 rings (SSSR count). The summed E-state index contributed by atoms with van der Waals surface area (Å²) in [5, 5.41) is 9.51. The van der Waals surface area contributed by atoms with E-state index in [0.29, 0.717) is 0 Å². The summed E-state index contributed by atoms with van der Waals surface area (Å²) in [5.74, 6) is 0.789. The molecule has 0 radical (unpaired) electrons. The van der Waals surface area contributed by atoms with Crippen LogP contribution in [0.25, 0.3) is 0 Å². The number of hydrogen-bond donors (Lipinski definition) is 1. The Kier molecular flexibility index (Phi) is 2.60. The Balaban J connectivity index is 2.25. The third-order valence-electron chi connectivity index (χ3n) is 3.32. The van der Waals surface area contributed by atoms with Gasteiger partial charge in [-0.1, -0.05) is 24.6 Å². The summed E-state index contributed by atoms with van der Waals surface area (Å²) in [6, 6.07) is 6.50. The van der Waals surface area contributed by atoms with Crippen LogP contribution in [0.5, 0.6) is 0 Å².